The van der Waals surface area contributed by atoms with E-state index in [9.17, 15) is 9.59 Å². The first-order chi connectivity index (χ1) is 9.08. The quantitative estimate of drug-likeness (QED) is 0.787. The maximum absolute atomic E-state index is 12.2. The van der Waals surface area contributed by atoms with Gasteiger partial charge in [0.2, 0.25) is 5.91 Å². The van der Waals surface area contributed by atoms with E-state index in [1.165, 1.54) is 15.2 Å². The average Bonchev–Trinajstić information content (AvgIpc) is 2.84. The molecule has 0 saturated carbocycles. The number of hydrogen-bond acceptors (Lipinski definition) is 3. The number of rotatable bonds is 4. The van der Waals surface area contributed by atoms with E-state index in [1.807, 2.05) is 13.8 Å². The van der Waals surface area contributed by atoms with Crippen molar-refractivity contribution in [3.8, 4) is 0 Å². The molecule has 0 saturated heterocycles. The highest BCUT2D eigenvalue weighted by molar-refractivity contribution is 6.29. The molecule has 0 atom stereocenters. The van der Waals surface area contributed by atoms with Crippen molar-refractivity contribution in [3.05, 3.63) is 34.1 Å². The van der Waals surface area contributed by atoms with E-state index < -0.39 is 0 Å². The smallest absolute Gasteiger partial charge is 0.335 e. The lowest BCUT2D eigenvalue weighted by atomic mass is 10.4. The summed E-state index contributed by atoms with van der Waals surface area (Å²) in [7, 11) is 0. The fourth-order valence-electron chi connectivity index (χ4n) is 1.94. The van der Waals surface area contributed by atoms with Crippen LogP contribution in [0.1, 0.15) is 13.8 Å². The largest absolute Gasteiger partial charge is 0.342 e. The van der Waals surface area contributed by atoms with Crippen molar-refractivity contribution in [2.75, 3.05) is 13.1 Å². The number of likely N-dealkylation sites (N-methyl/N-ethyl adjacent to an activating group) is 1. The zero-order valence-corrected chi connectivity index (χ0v) is 11.6. The lowest BCUT2D eigenvalue weighted by Gasteiger charge is -2.19. The Morgan fingerprint density at radius 1 is 1.42 bits per heavy atom. The Morgan fingerprint density at radius 2 is 2.11 bits per heavy atom. The highest BCUT2D eigenvalue weighted by atomic mass is 35.5. The van der Waals surface area contributed by atoms with Gasteiger partial charge in [-0.2, -0.15) is 0 Å². The van der Waals surface area contributed by atoms with Gasteiger partial charge in [0.1, 0.15) is 17.3 Å². The standard InChI is InChI=1S/C12H15ClN4O2/c1-3-15(4-2)11(18)8-17-9(13)7-10-14-5-6-16(10)12(17)19/h5-7H,3-4,8H2,1-2H3. The van der Waals surface area contributed by atoms with Crippen LogP contribution in [0.2, 0.25) is 5.15 Å². The van der Waals surface area contributed by atoms with Crippen molar-refractivity contribution in [2.24, 2.45) is 0 Å². The van der Waals surface area contributed by atoms with Crippen molar-refractivity contribution in [1.29, 1.82) is 0 Å². The third-order valence-corrected chi connectivity index (χ3v) is 3.34. The molecule has 2 rings (SSSR count). The number of fused-ring (bicyclic) bond motifs is 1. The van der Waals surface area contributed by atoms with Crippen molar-refractivity contribution < 1.29 is 4.79 Å². The Labute approximate surface area is 115 Å². The molecule has 0 radical (unpaired) electrons. The van der Waals surface area contributed by atoms with Crippen LogP contribution in [0.15, 0.2) is 23.3 Å². The molecule has 2 heterocycles. The Bertz CT molecular complexity index is 657. The second-order valence-electron chi connectivity index (χ2n) is 4.06. The Kier molecular flexibility index (Phi) is 3.90. The van der Waals surface area contributed by atoms with Crippen molar-refractivity contribution in [1.82, 2.24) is 18.9 Å². The van der Waals surface area contributed by atoms with Gasteiger partial charge in [0, 0.05) is 31.5 Å². The molecule has 0 aliphatic heterocycles. The number of amides is 1. The first kappa shape index (κ1) is 13.6. The first-order valence-corrected chi connectivity index (χ1v) is 6.46. The SMILES string of the molecule is CCN(CC)C(=O)Cn1c(Cl)cc2nccn2c1=O. The summed E-state index contributed by atoms with van der Waals surface area (Å²) in [4.78, 5) is 29.9. The normalized spacial score (nSPS) is 10.9. The highest BCUT2D eigenvalue weighted by Gasteiger charge is 2.15. The molecule has 0 spiro atoms. The molecule has 0 fully saturated rings. The van der Waals surface area contributed by atoms with Crippen LogP contribution in [0.4, 0.5) is 0 Å². The van der Waals surface area contributed by atoms with Crippen LogP contribution >= 0.6 is 11.6 Å². The summed E-state index contributed by atoms with van der Waals surface area (Å²) in [5.74, 6) is -0.131. The van der Waals surface area contributed by atoms with Gasteiger partial charge in [-0.05, 0) is 13.8 Å². The summed E-state index contributed by atoms with van der Waals surface area (Å²) >= 11 is 6.04. The predicted molar refractivity (Wildman–Crippen MR) is 72.4 cm³/mol. The molecule has 2 aromatic heterocycles. The summed E-state index contributed by atoms with van der Waals surface area (Å²) in [6.45, 7) is 4.94. The Balaban J connectivity index is 2.40. The molecule has 6 nitrogen and oxygen atoms in total. The second-order valence-corrected chi connectivity index (χ2v) is 4.44. The zero-order valence-electron chi connectivity index (χ0n) is 10.8. The number of carbonyl (C=O) groups is 1. The highest BCUT2D eigenvalue weighted by Crippen LogP contribution is 2.09. The van der Waals surface area contributed by atoms with E-state index in [2.05, 4.69) is 4.98 Å². The van der Waals surface area contributed by atoms with Gasteiger partial charge in [0.15, 0.2) is 0 Å². The van der Waals surface area contributed by atoms with Gasteiger partial charge in [-0.3, -0.25) is 13.8 Å². The number of imidazole rings is 1. The summed E-state index contributed by atoms with van der Waals surface area (Å²) in [5, 5.41) is 0.212. The van der Waals surface area contributed by atoms with Gasteiger partial charge in [-0.25, -0.2) is 9.78 Å². The van der Waals surface area contributed by atoms with Gasteiger partial charge in [-0.1, -0.05) is 11.6 Å². The predicted octanol–water partition coefficient (Wildman–Crippen LogP) is 1.02. The van der Waals surface area contributed by atoms with E-state index in [1.54, 1.807) is 17.2 Å². The second kappa shape index (κ2) is 5.44. The average molecular weight is 283 g/mol. The molecule has 0 bridgehead atoms. The van der Waals surface area contributed by atoms with Gasteiger partial charge in [0.25, 0.3) is 0 Å². The summed E-state index contributed by atoms with van der Waals surface area (Å²) in [5.41, 5.74) is 0.113. The lowest BCUT2D eigenvalue weighted by molar-refractivity contribution is -0.131. The number of hydrogen-bond donors (Lipinski definition) is 0. The molecule has 0 aliphatic carbocycles. The van der Waals surface area contributed by atoms with Crippen molar-refractivity contribution in [3.63, 3.8) is 0 Å². The Morgan fingerprint density at radius 3 is 2.74 bits per heavy atom. The minimum atomic E-state index is -0.361. The molecule has 0 aromatic carbocycles. The van der Waals surface area contributed by atoms with Gasteiger partial charge in [-0.15, -0.1) is 0 Å². The maximum atomic E-state index is 12.2. The van der Waals surface area contributed by atoms with Crippen LogP contribution in [0, 0.1) is 0 Å². The van der Waals surface area contributed by atoms with E-state index >= 15 is 0 Å². The fraction of sp³-hybridized carbons (Fsp3) is 0.417. The first-order valence-electron chi connectivity index (χ1n) is 6.08. The van der Waals surface area contributed by atoms with Crippen LogP contribution < -0.4 is 5.69 Å². The Hall–Kier alpha value is -1.82. The molecule has 102 valence electrons. The molecular formula is C12H15ClN4O2. The van der Waals surface area contributed by atoms with E-state index in [0.717, 1.165) is 0 Å². The van der Waals surface area contributed by atoms with Gasteiger partial charge >= 0.3 is 5.69 Å². The number of nitrogens with zero attached hydrogens (tertiary/aromatic N) is 4. The van der Waals surface area contributed by atoms with Crippen LogP contribution in [0.25, 0.3) is 5.65 Å². The molecule has 0 N–H and O–H groups in total. The van der Waals surface area contributed by atoms with Gasteiger partial charge in [0.05, 0.1) is 0 Å². The van der Waals surface area contributed by atoms with Crippen LogP contribution in [0.5, 0.6) is 0 Å². The molecule has 19 heavy (non-hydrogen) atoms. The van der Waals surface area contributed by atoms with Crippen LogP contribution in [0.3, 0.4) is 0 Å². The maximum Gasteiger partial charge on any atom is 0.335 e. The molecule has 1 amide bonds. The summed E-state index contributed by atoms with van der Waals surface area (Å²) in [6, 6.07) is 1.57. The number of carbonyl (C=O) groups excluding carboxylic acids is 1. The third kappa shape index (κ3) is 2.49. The van der Waals surface area contributed by atoms with Crippen LogP contribution in [-0.2, 0) is 11.3 Å². The van der Waals surface area contributed by atoms with Gasteiger partial charge < -0.3 is 4.90 Å². The monoisotopic (exact) mass is 282 g/mol. The minimum Gasteiger partial charge on any atom is -0.342 e. The molecule has 0 unspecified atom stereocenters. The number of aromatic nitrogens is 3. The topological polar surface area (TPSA) is 59.6 Å². The van der Waals surface area contributed by atoms with E-state index in [-0.39, 0.29) is 23.3 Å². The summed E-state index contributed by atoms with van der Waals surface area (Å²) in [6.07, 6.45) is 3.07. The van der Waals surface area contributed by atoms with Crippen molar-refractivity contribution in [2.45, 2.75) is 20.4 Å². The van der Waals surface area contributed by atoms with E-state index in [4.69, 9.17) is 11.6 Å². The molecule has 2 aromatic rings. The third-order valence-electron chi connectivity index (χ3n) is 3.02. The molecular weight excluding hydrogens is 268 g/mol. The lowest BCUT2D eigenvalue weighted by Crippen LogP contribution is -2.37. The fourth-order valence-corrected chi connectivity index (χ4v) is 2.17. The summed E-state index contributed by atoms with van der Waals surface area (Å²) < 4.78 is 2.61. The van der Waals surface area contributed by atoms with Crippen molar-refractivity contribution >= 4 is 23.2 Å². The number of halogens is 1. The van der Waals surface area contributed by atoms with Crippen LogP contribution in [-0.4, -0.2) is 37.8 Å². The van der Waals surface area contributed by atoms with E-state index in [0.29, 0.717) is 18.7 Å². The minimum absolute atomic E-state index is 0.0620. The zero-order chi connectivity index (χ0) is 14.0. The molecule has 7 heteroatoms. The molecule has 0 aliphatic rings.